The number of thiazole rings is 1. The second-order valence-electron chi connectivity index (χ2n) is 5.57. The SMILES string of the molecule is COC(=O)c1ccc(C(=O)NC(=S)Nc2nc3c(s2)CCCC3)cc1. The quantitative estimate of drug-likeness (QED) is 0.634. The Morgan fingerprint density at radius 3 is 2.52 bits per heavy atom. The van der Waals surface area contributed by atoms with Gasteiger partial charge in [0.05, 0.1) is 18.4 Å². The molecule has 1 amide bonds. The lowest BCUT2D eigenvalue weighted by Gasteiger charge is -2.07. The summed E-state index contributed by atoms with van der Waals surface area (Å²) in [4.78, 5) is 29.4. The summed E-state index contributed by atoms with van der Waals surface area (Å²) in [6, 6.07) is 6.16. The van der Waals surface area contributed by atoms with E-state index in [0.717, 1.165) is 18.5 Å². The van der Waals surface area contributed by atoms with E-state index in [9.17, 15) is 9.59 Å². The molecule has 130 valence electrons. The lowest BCUT2D eigenvalue weighted by atomic mass is 10.0. The van der Waals surface area contributed by atoms with E-state index >= 15 is 0 Å². The molecule has 2 N–H and O–H groups in total. The van der Waals surface area contributed by atoms with Crippen LogP contribution in [0.15, 0.2) is 24.3 Å². The Labute approximate surface area is 154 Å². The Morgan fingerprint density at radius 2 is 1.84 bits per heavy atom. The van der Waals surface area contributed by atoms with Crippen LogP contribution >= 0.6 is 23.6 Å². The number of rotatable bonds is 3. The predicted molar refractivity (Wildman–Crippen MR) is 100 cm³/mol. The first-order valence-corrected chi connectivity index (χ1v) is 9.08. The van der Waals surface area contributed by atoms with Gasteiger partial charge in [0.1, 0.15) is 0 Å². The molecule has 1 aliphatic rings. The monoisotopic (exact) mass is 375 g/mol. The summed E-state index contributed by atoms with van der Waals surface area (Å²) in [5.74, 6) is -0.799. The lowest BCUT2D eigenvalue weighted by molar-refractivity contribution is 0.0600. The van der Waals surface area contributed by atoms with Gasteiger partial charge in [0.25, 0.3) is 5.91 Å². The predicted octanol–water partition coefficient (Wildman–Crippen LogP) is 2.94. The van der Waals surface area contributed by atoms with Crippen LogP contribution in [-0.2, 0) is 17.6 Å². The van der Waals surface area contributed by atoms with Gasteiger partial charge in [-0.3, -0.25) is 10.1 Å². The molecule has 0 radical (unpaired) electrons. The molecule has 1 aromatic carbocycles. The van der Waals surface area contributed by atoms with Crippen LogP contribution in [0, 0.1) is 0 Å². The number of amides is 1. The zero-order valence-electron chi connectivity index (χ0n) is 13.6. The third-order valence-electron chi connectivity index (χ3n) is 3.86. The van der Waals surface area contributed by atoms with Gasteiger partial charge in [0.2, 0.25) is 0 Å². The summed E-state index contributed by atoms with van der Waals surface area (Å²) in [7, 11) is 1.31. The number of nitrogens with one attached hydrogen (secondary N) is 2. The third kappa shape index (κ3) is 4.21. The van der Waals surface area contributed by atoms with Gasteiger partial charge in [-0.05, 0) is 62.2 Å². The maximum atomic E-state index is 12.2. The molecule has 0 saturated heterocycles. The minimum atomic E-state index is -0.447. The summed E-state index contributed by atoms with van der Waals surface area (Å²) in [6.07, 6.45) is 4.41. The van der Waals surface area contributed by atoms with Crippen LogP contribution < -0.4 is 10.6 Å². The number of esters is 1. The number of aromatic nitrogens is 1. The van der Waals surface area contributed by atoms with Gasteiger partial charge >= 0.3 is 5.97 Å². The fourth-order valence-corrected chi connectivity index (χ4v) is 3.89. The highest BCUT2D eigenvalue weighted by atomic mass is 32.1. The molecule has 0 fully saturated rings. The zero-order valence-corrected chi connectivity index (χ0v) is 15.3. The highest BCUT2D eigenvalue weighted by Crippen LogP contribution is 2.29. The van der Waals surface area contributed by atoms with Crippen LogP contribution in [0.4, 0.5) is 5.13 Å². The van der Waals surface area contributed by atoms with Gasteiger partial charge in [-0.15, -0.1) is 11.3 Å². The van der Waals surface area contributed by atoms with Crippen molar-refractivity contribution in [2.24, 2.45) is 0 Å². The second-order valence-corrected chi connectivity index (χ2v) is 7.07. The summed E-state index contributed by atoms with van der Waals surface area (Å²) < 4.78 is 4.63. The summed E-state index contributed by atoms with van der Waals surface area (Å²) in [5.41, 5.74) is 1.91. The smallest absolute Gasteiger partial charge is 0.337 e. The molecule has 0 unspecified atom stereocenters. The van der Waals surface area contributed by atoms with Crippen molar-refractivity contribution in [3.8, 4) is 0 Å². The Kier molecular flexibility index (Phi) is 5.40. The fourth-order valence-electron chi connectivity index (χ4n) is 2.58. The van der Waals surface area contributed by atoms with E-state index in [4.69, 9.17) is 12.2 Å². The first-order chi connectivity index (χ1) is 12.1. The van der Waals surface area contributed by atoms with Gasteiger partial charge < -0.3 is 10.1 Å². The summed E-state index contributed by atoms with van der Waals surface area (Å²) in [6.45, 7) is 0. The molecule has 1 heterocycles. The number of hydrogen-bond donors (Lipinski definition) is 2. The minimum absolute atomic E-state index is 0.202. The van der Waals surface area contributed by atoms with E-state index in [1.807, 2.05) is 0 Å². The number of anilines is 1. The van der Waals surface area contributed by atoms with Gasteiger partial charge in [-0.1, -0.05) is 0 Å². The summed E-state index contributed by atoms with van der Waals surface area (Å²) in [5, 5.41) is 6.50. The van der Waals surface area contributed by atoms with Crippen molar-refractivity contribution >= 4 is 45.7 Å². The standard InChI is InChI=1S/C17H17N3O3S2/c1-23-15(22)11-8-6-10(7-9-11)14(21)19-16(24)20-17-18-12-4-2-3-5-13(12)25-17/h6-9H,2-5H2,1H3,(H2,18,19,20,21,24). The molecule has 1 aromatic heterocycles. The van der Waals surface area contributed by atoms with Gasteiger partial charge in [0, 0.05) is 10.4 Å². The van der Waals surface area contributed by atoms with E-state index in [1.54, 1.807) is 23.5 Å². The van der Waals surface area contributed by atoms with E-state index < -0.39 is 5.97 Å². The number of thiocarbonyl (C=S) groups is 1. The number of nitrogens with zero attached hydrogens (tertiary/aromatic N) is 1. The molecular formula is C17H17N3O3S2. The zero-order chi connectivity index (χ0) is 17.8. The number of hydrogen-bond acceptors (Lipinski definition) is 6. The van der Waals surface area contributed by atoms with Crippen molar-refractivity contribution in [1.29, 1.82) is 0 Å². The molecule has 8 heteroatoms. The van der Waals surface area contributed by atoms with Crippen LogP contribution in [0.25, 0.3) is 0 Å². The first-order valence-electron chi connectivity index (χ1n) is 7.86. The van der Waals surface area contributed by atoms with E-state index in [0.29, 0.717) is 16.3 Å². The molecular weight excluding hydrogens is 358 g/mol. The lowest BCUT2D eigenvalue weighted by Crippen LogP contribution is -2.34. The number of aryl methyl sites for hydroxylation is 2. The molecule has 0 aliphatic heterocycles. The minimum Gasteiger partial charge on any atom is -0.465 e. The number of benzene rings is 1. The van der Waals surface area contributed by atoms with Crippen molar-refractivity contribution < 1.29 is 14.3 Å². The van der Waals surface area contributed by atoms with Crippen LogP contribution in [0.3, 0.4) is 0 Å². The number of ether oxygens (including phenoxy) is 1. The third-order valence-corrected chi connectivity index (χ3v) is 5.14. The maximum absolute atomic E-state index is 12.2. The molecule has 3 rings (SSSR count). The van der Waals surface area contributed by atoms with Crippen LogP contribution in [0.2, 0.25) is 0 Å². The van der Waals surface area contributed by atoms with Crippen LogP contribution in [0.1, 0.15) is 44.1 Å². The number of fused-ring (bicyclic) bond motifs is 1. The summed E-state index contributed by atoms with van der Waals surface area (Å²) >= 11 is 6.77. The molecule has 0 bridgehead atoms. The second kappa shape index (κ2) is 7.71. The average molecular weight is 375 g/mol. The largest absolute Gasteiger partial charge is 0.465 e. The molecule has 25 heavy (non-hydrogen) atoms. The van der Waals surface area contributed by atoms with Crippen molar-refractivity contribution in [3.05, 3.63) is 46.0 Å². The highest BCUT2D eigenvalue weighted by Gasteiger charge is 2.16. The van der Waals surface area contributed by atoms with Crippen molar-refractivity contribution in [2.45, 2.75) is 25.7 Å². The molecule has 2 aromatic rings. The normalized spacial score (nSPS) is 12.8. The van der Waals surface area contributed by atoms with E-state index in [-0.39, 0.29) is 11.0 Å². The van der Waals surface area contributed by atoms with Crippen LogP contribution in [-0.4, -0.2) is 29.1 Å². The molecule has 0 atom stereocenters. The number of carbonyl (C=O) groups is 2. The highest BCUT2D eigenvalue weighted by molar-refractivity contribution is 7.80. The molecule has 1 aliphatic carbocycles. The Balaban J connectivity index is 1.59. The topological polar surface area (TPSA) is 80.3 Å². The van der Waals surface area contributed by atoms with Gasteiger partial charge in [-0.2, -0.15) is 0 Å². The molecule has 0 saturated carbocycles. The van der Waals surface area contributed by atoms with E-state index in [2.05, 4.69) is 20.4 Å². The Hall–Kier alpha value is -2.32. The van der Waals surface area contributed by atoms with Gasteiger partial charge in [0.15, 0.2) is 10.2 Å². The van der Waals surface area contributed by atoms with Crippen molar-refractivity contribution in [2.75, 3.05) is 12.4 Å². The Bertz CT molecular complexity index is 792. The number of carbonyl (C=O) groups excluding carboxylic acids is 2. The van der Waals surface area contributed by atoms with Crippen molar-refractivity contribution in [3.63, 3.8) is 0 Å². The number of methoxy groups -OCH3 is 1. The maximum Gasteiger partial charge on any atom is 0.337 e. The average Bonchev–Trinajstić information content (AvgIpc) is 3.03. The molecule has 0 spiro atoms. The fraction of sp³-hybridized carbons (Fsp3) is 0.294. The van der Waals surface area contributed by atoms with Gasteiger partial charge in [-0.25, -0.2) is 9.78 Å². The van der Waals surface area contributed by atoms with Crippen molar-refractivity contribution in [1.82, 2.24) is 10.3 Å². The Morgan fingerprint density at radius 1 is 1.16 bits per heavy atom. The van der Waals surface area contributed by atoms with Crippen LogP contribution in [0.5, 0.6) is 0 Å². The van der Waals surface area contributed by atoms with E-state index in [1.165, 1.54) is 37.0 Å². The first kappa shape index (κ1) is 17.5. The molecule has 6 nitrogen and oxygen atoms in total.